The first-order chi connectivity index (χ1) is 6.36. The molecule has 0 aromatic carbocycles. The fourth-order valence-electron chi connectivity index (χ4n) is 0.207. The Morgan fingerprint density at radius 1 is 1.14 bits per heavy atom. The molecule has 0 unspecified atom stereocenters. The molecule has 0 aromatic rings. The lowest BCUT2D eigenvalue weighted by atomic mass is 10.3. The molecule has 0 rings (SSSR count). The van der Waals surface area contributed by atoms with Gasteiger partial charge < -0.3 is 25.5 Å². The average molecular weight is 210 g/mol. The highest BCUT2D eigenvalue weighted by Gasteiger charge is 2.10. The van der Waals surface area contributed by atoms with Gasteiger partial charge in [-0.1, -0.05) is 0 Å². The molecule has 0 aromatic heterocycles. The summed E-state index contributed by atoms with van der Waals surface area (Å²) < 4.78 is 0. The van der Waals surface area contributed by atoms with Crippen molar-refractivity contribution in [3.05, 3.63) is 0 Å². The molecule has 0 aliphatic rings. The average Bonchev–Trinajstić information content (AvgIpc) is 2.16. The van der Waals surface area contributed by atoms with Crippen molar-refractivity contribution in [2.75, 3.05) is 13.2 Å². The van der Waals surface area contributed by atoms with E-state index in [9.17, 15) is 9.59 Å². The zero-order chi connectivity index (χ0) is 11.7. The fourth-order valence-corrected chi connectivity index (χ4v) is 0.207. The Morgan fingerprint density at radius 3 is 1.57 bits per heavy atom. The summed E-state index contributed by atoms with van der Waals surface area (Å²) in [4.78, 5) is 19.7. The van der Waals surface area contributed by atoms with Gasteiger partial charge in [-0.05, 0) is 6.92 Å². The number of ketones is 2. The zero-order valence-electron chi connectivity index (χ0n) is 7.62. The van der Waals surface area contributed by atoms with E-state index < -0.39 is 37.2 Å². The highest BCUT2D eigenvalue weighted by Crippen LogP contribution is 1.80. The van der Waals surface area contributed by atoms with Crippen molar-refractivity contribution in [2.45, 2.75) is 19.3 Å². The van der Waals surface area contributed by atoms with Crippen molar-refractivity contribution in [3.63, 3.8) is 0 Å². The molecule has 1 atom stereocenters. The maximum absolute atomic E-state index is 10.1. The first-order valence-electron chi connectivity index (χ1n) is 3.65. The molecule has 5 N–H and O–H groups in total. The van der Waals surface area contributed by atoms with E-state index in [-0.39, 0.29) is 0 Å². The van der Waals surface area contributed by atoms with Crippen molar-refractivity contribution in [1.29, 1.82) is 0 Å². The van der Waals surface area contributed by atoms with E-state index in [0.29, 0.717) is 0 Å². The molecular weight excluding hydrogens is 196 g/mol. The molecular formula is C7H14O7. The minimum atomic E-state index is -1.79. The summed E-state index contributed by atoms with van der Waals surface area (Å²) in [5, 5.41) is 40.1. The molecule has 0 aliphatic carbocycles. The molecule has 84 valence electrons. The second-order valence-electron chi connectivity index (χ2n) is 2.31. The fraction of sp³-hybridized carbons (Fsp3) is 0.714. The summed E-state index contributed by atoms with van der Waals surface area (Å²) in [5.74, 6) is -1.39. The second-order valence-corrected chi connectivity index (χ2v) is 2.31. The lowest BCUT2D eigenvalue weighted by Gasteiger charge is -2.00. The predicted molar refractivity (Wildman–Crippen MR) is 44.1 cm³/mol. The molecule has 0 amide bonds. The van der Waals surface area contributed by atoms with Crippen LogP contribution >= 0.6 is 0 Å². The molecule has 0 heterocycles. The first kappa shape index (κ1) is 15.6. The molecule has 0 spiro atoms. The lowest BCUT2D eigenvalue weighted by Crippen LogP contribution is -2.26. The Labute approximate surface area is 80.2 Å². The summed E-state index contributed by atoms with van der Waals surface area (Å²) in [6.07, 6.45) is -3.20. The third-order valence-electron chi connectivity index (χ3n) is 1.06. The van der Waals surface area contributed by atoms with Gasteiger partial charge in [0.25, 0.3) is 0 Å². The van der Waals surface area contributed by atoms with Crippen LogP contribution in [-0.4, -0.2) is 62.7 Å². The minimum absolute atomic E-state index is 0.626. The van der Waals surface area contributed by atoms with Crippen LogP contribution in [-0.2, 0) is 9.59 Å². The van der Waals surface area contributed by atoms with Crippen molar-refractivity contribution in [2.24, 2.45) is 0 Å². The maximum Gasteiger partial charge on any atom is 0.212 e. The van der Waals surface area contributed by atoms with Crippen LogP contribution in [0.1, 0.15) is 6.92 Å². The van der Waals surface area contributed by atoms with Gasteiger partial charge in [-0.3, -0.25) is 9.59 Å². The molecule has 0 aliphatic heterocycles. The van der Waals surface area contributed by atoms with E-state index in [1.165, 1.54) is 0 Å². The number of aliphatic hydroxyl groups excluding tert-OH is 4. The smallest absolute Gasteiger partial charge is 0.212 e. The standard InChI is InChI=1S/C4H8O4.C3H6O3/c5-1-3(7)4(8)2-6;1-2(4)3(5)6/h3,5-7H,1-2H2;3,5-6H,1H3/t3-;/m0./s1. The van der Waals surface area contributed by atoms with E-state index >= 15 is 0 Å². The normalized spacial score (nSPS) is 11.6. The Morgan fingerprint density at radius 2 is 1.50 bits per heavy atom. The summed E-state index contributed by atoms with van der Waals surface area (Å²) in [6, 6.07) is 0. The van der Waals surface area contributed by atoms with Crippen LogP contribution in [0.5, 0.6) is 0 Å². The summed E-state index contributed by atoms with van der Waals surface area (Å²) >= 11 is 0. The van der Waals surface area contributed by atoms with Gasteiger partial charge in [0.1, 0.15) is 12.7 Å². The third-order valence-corrected chi connectivity index (χ3v) is 1.06. The van der Waals surface area contributed by atoms with Gasteiger partial charge in [-0.25, -0.2) is 0 Å². The first-order valence-corrected chi connectivity index (χ1v) is 3.65. The molecule has 0 saturated heterocycles. The molecule has 0 bridgehead atoms. The topological polar surface area (TPSA) is 135 Å². The second kappa shape index (κ2) is 8.73. The van der Waals surface area contributed by atoms with Gasteiger partial charge >= 0.3 is 0 Å². The summed E-state index contributed by atoms with van der Waals surface area (Å²) in [5.41, 5.74) is 0. The van der Waals surface area contributed by atoms with Gasteiger partial charge in [0.05, 0.1) is 6.61 Å². The quantitative estimate of drug-likeness (QED) is 0.308. The van der Waals surface area contributed by atoms with Gasteiger partial charge in [-0.15, -0.1) is 0 Å². The number of hydrogen-bond donors (Lipinski definition) is 5. The monoisotopic (exact) mass is 210 g/mol. The summed E-state index contributed by atoms with van der Waals surface area (Å²) in [7, 11) is 0. The largest absolute Gasteiger partial charge is 0.393 e. The minimum Gasteiger partial charge on any atom is -0.393 e. The lowest BCUT2D eigenvalue weighted by molar-refractivity contribution is -0.142. The number of carbonyl (C=O) groups is 2. The van der Waals surface area contributed by atoms with Crippen molar-refractivity contribution < 1.29 is 35.1 Å². The van der Waals surface area contributed by atoms with Crippen LogP contribution in [0.3, 0.4) is 0 Å². The van der Waals surface area contributed by atoms with Gasteiger partial charge in [0, 0.05) is 0 Å². The number of aliphatic hydroxyl groups is 5. The Kier molecular flexibility index (Phi) is 9.73. The highest BCUT2D eigenvalue weighted by atomic mass is 16.5. The van der Waals surface area contributed by atoms with Crippen molar-refractivity contribution in [1.82, 2.24) is 0 Å². The Hall–Kier alpha value is -0.860. The maximum atomic E-state index is 10.1. The van der Waals surface area contributed by atoms with E-state index in [0.717, 1.165) is 6.92 Å². The molecule has 0 radical (unpaired) electrons. The van der Waals surface area contributed by atoms with Crippen LogP contribution in [0.4, 0.5) is 0 Å². The predicted octanol–water partition coefficient (Wildman–Crippen LogP) is -3.21. The van der Waals surface area contributed by atoms with E-state index in [2.05, 4.69) is 0 Å². The number of rotatable bonds is 4. The Balaban J connectivity index is 0. The number of carbonyl (C=O) groups excluding carboxylic acids is 2. The molecule has 7 heteroatoms. The van der Waals surface area contributed by atoms with Crippen molar-refractivity contribution in [3.8, 4) is 0 Å². The molecule has 7 nitrogen and oxygen atoms in total. The van der Waals surface area contributed by atoms with Crippen LogP contribution in [0.15, 0.2) is 0 Å². The van der Waals surface area contributed by atoms with Crippen LogP contribution in [0.25, 0.3) is 0 Å². The van der Waals surface area contributed by atoms with E-state index in [1.807, 2.05) is 0 Å². The van der Waals surface area contributed by atoms with E-state index in [1.54, 1.807) is 0 Å². The van der Waals surface area contributed by atoms with Crippen molar-refractivity contribution >= 4 is 11.6 Å². The zero-order valence-corrected chi connectivity index (χ0v) is 7.62. The van der Waals surface area contributed by atoms with Gasteiger partial charge in [0.2, 0.25) is 6.29 Å². The number of hydrogen-bond acceptors (Lipinski definition) is 7. The van der Waals surface area contributed by atoms with Gasteiger partial charge in [-0.2, -0.15) is 0 Å². The Bertz CT molecular complexity index is 177. The third kappa shape index (κ3) is 9.23. The van der Waals surface area contributed by atoms with E-state index in [4.69, 9.17) is 25.5 Å². The number of Topliss-reactive ketones (excluding diaryl/α,β-unsaturated/α-hetero) is 2. The van der Waals surface area contributed by atoms with Gasteiger partial charge in [0.15, 0.2) is 11.6 Å². The van der Waals surface area contributed by atoms with Crippen LogP contribution in [0, 0.1) is 0 Å². The molecule has 0 saturated carbocycles. The van der Waals surface area contributed by atoms with Crippen LogP contribution < -0.4 is 0 Å². The van der Waals surface area contributed by atoms with Crippen LogP contribution in [0.2, 0.25) is 0 Å². The SMILES string of the molecule is CC(=O)C(O)O.O=C(CO)[C@@H](O)CO. The summed E-state index contributed by atoms with van der Waals surface area (Å²) in [6.45, 7) is -0.244. The molecule has 0 fully saturated rings. The molecule has 14 heavy (non-hydrogen) atoms. The highest BCUT2D eigenvalue weighted by molar-refractivity contribution is 5.83.